The Labute approximate surface area is 85.0 Å². The fourth-order valence-corrected chi connectivity index (χ4v) is 1.01. The van der Waals surface area contributed by atoms with Crippen molar-refractivity contribution >= 4 is 24.0 Å². The lowest BCUT2D eigenvalue weighted by atomic mass is 10.3. The number of hydrogen-bond donors (Lipinski definition) is 0. The van der Waals surface area contributed by atoms with E-state index in [1.807, 2.05) is 14.0 Å². The van der Waals surface area contributed by atoms with Gasteiger partial charge < -0.3 is 4.57 Å². The summed E-state index contributed by atoms with van der Waals surface area (Å²) in [5.41, 5.74) is 1.21. The first-order chi connectivity index (χ1) is 4.74. The highest BCUT2D eigenvalue weighted by atomic mass is 127. The van der Waals surface area contributed by atoms with E-state index in [9.17, 15) is 0 Å². The Bertz CT molecular complexity index is 198. The second kappa shape index (κ2) is 4.74. The Morgan fingerprint density at radius 1 is 1.55 bits per heavy atom. The van der Waals surface area contributed by atoms with E-state index in [1.54, 1.807) is 0 Å². The SMILES string of the molecule is CCCc1cn(C)c(C)n1.I. The molecule has 11 heavy (non-hydrogen) atoms. The second-order valence-electron chi connectivity index (χ2n) is 2.64. The minimum absolute atomic E-state index is 0. The molecule has 0 bridgehead atoms. The molecule has 1 rings (SSSR count). The van der Waals surface area contributed by atoms with Gasteiger partial charge in [-0.2, -0.15) is 0 Å². The minimum atomic E-state index is 0. The number of imidazole rings is 1. The summed E-state index contributed by atoms with van der Waals surface area (Å²) in [6.07, 6.45) is 4.37. The van der Waals surface area contributed by atoms with Crippen LogP contribution in [0.1, 0.15) is 24.9 Å². The van der Waals surface area contributed by atoms with Gasteiger partial charge in [0.15, 0.2) is 0 Å². The zero-order chi connectivity index (χ0) is 7.56. The fraction of sp³-hybridized carbons (Fsp3) is 0.625. The Balaban J connectivity index is 0.000001000. The second-order valence-corrected chi connectivity index (χ2v) is 2.64. The van der Waals surface area contributed by atoms with E-state index < -0.39 is 0 Å². The van der Waals surface area contributed by atoms with Crippen LogP contribution in [0.4, 0.5) is 0 Å². The number of hydrogen-bond acceptors (Lipinski definition) is 1. The zero-order valence-corrected chi connectivity index (χ0v) is 9.62. The van der Waals surface area contributed by atoms with Crippen LogP contribution >= 0.6 is 24.0 Å². The van der Waals surface area contributed by atoms with Gasteiger partial charge in [-0.25, -0.2) is 4.98 Å². The van der Waals surface area contributed by atoms with Crippen molar-refractivity contribution in [3.05, 3.63) is 17.7 Å². The monoisotopic (exact) mass is 266 g/mol. The fourth-order valence-electron chi connectivity index (χ4n) is 1.01. The van der Waals surface area contributed by atoms with Crippen LogP contribution in [0.15, 0.2) is 6.20 Å². The normalized spacial score (nSPS) is 9.36. The van der Waals surface area contributed by atoms with Crippen LogP contribution < -0.4 is 0 Å². The number of aryl methyl sites for hydroxylation is 3. The van der Waals surface area contributed by atoms with E-state index in [0.29, 0.717) is 0 Å². The molecule has 2 nitrogen and oxygen atoms in total. The highest BCUT2D eigenvalue weighted by molar-refractivity contribution is 14.0. The summed E-state index contributed by atoms with van der Waals surface area (Å²) in [5, 5.41) is 0. The predicted molar refractivity (Wildman–Crippen MR) is 57.4 cm³/mol. The maximum absolute atomic E-state index is 4.36. The number of aromatic nitrogens is 2. The van der Waals surface area contributed by atoms with Crippen LogP contribution in [0.25, 0.3) is 0 Å². The van der Waals surface area contributed by atoms with Crippen molar-refractivity contribution in [2.75, 3.05) is 0 Å². The van der Waals surface area contributed by atoms with Crippen LogP contribution in [-0.2, 0) is 13.5 Å². The van der Waals surface area contributed by atoms with Gasteiger partial charge >= 0.3 is 0 Å². The van der Waals surface area contributed by atoms with Crippen molar-refractivity contribution in [3.63, 3.8) is 0 Å². The highest BCUT2D eigenvalue weighted by Crippen LogP contribution is 2.01. The Hall–Kier alpha value is -0.0600. The Morgan fingerprint density at radius 2 is 2.18 bits per heavy atom. The van der Waals surface area contributed by atoms with E-state index in [2.05, 4.69) is 22.7 Å². The lowest BCUT2D eigenvalue weighted by Gasteiger charge is -1.87. The predicted octanol–water partition coefficient (Wildman–Crippen LogP) is 2.30. The summed E-state index contributed by atoms with van der Waals surface area (Å²) in [6, 6.07) is 0. The largest absolute Gasteiger partial charge is 0.338 e. The number of rotatable bonds is 2. The smallest absolute Gasteiger partial charge is 0.105 e. The third kappa shape index (κ3) is 2.81. The van der Waals surface area contributed by atoms with E-state index in [-0.39, 0.29) is 24.0 Å². The summed E-state index contributed by atoms with van der Waals surface area (Å²) >= 11 is 0. The summed E-state index contributed by atoms with van der Waals surface area (Å²) in [4.78, 5) is 4.36. The maximum Gasteiger partial charge on any atom is 0.105 e. The highest BCUT2D eigenvalue weighted by Gasteiger charge is 1.97. The van der Waals surface area contributed by atoms with E-state index in [4.69, 9.17) is 0 Å². The molecule has 0 aliphatic carbocycles. The van der Waals surface area contributed by atoms with Gasteiger partial charge in [-0.15, -0.1) is 24.0 Å². The van der Waals surface area contributed by atoms with Crippen LogP contribution in [0.5, 0.6) is 0 Å². The van der Waals surface area contributed by atoms with Gasteiger partial charge in [0.2, 0.25) is 0 Å². The summed E-state index contributed by atoms with van der Waals surface area (Å²) in [7, 11) is 2.03. The molecular formula is C8H15IN2. The van der Waals surface area contributed by atoms with Crippen LogP contribution in [0.3, 0.4) is 0 Å². The first kappa shape index (κ1) is 10.9. The third-order valence-corrected chi connectivity index (χ3v) is 1.66. The van der Waals surface area contributed by atoms with Crippen molar-refractivity contribution in [1.82, 2.24) is 9.55 Å². The summed E-state index contributed by atoms with van der Waals surface area (Å²) in [6.45, 7) is 4.20. The van der Waals surface area contributed by atoms with Gasteiger partial charge in [0.25, 0.3) is 0 Å². The molecule has 64 valence electrons. The molecule has 0 amide bonds. The molecule has 0 spiro atoms. The summed E-state index contributed by atoms with van der Waals surface area (Å²) < 4.78 is 2.06. The van der Waals surface area contributed by atoms with Gasteiger partial charge in [0.05, 0.1) is 5.69 Å². The molecule has 1 heterocycles. The molecule has 1 aromatic heterocycles. The Morgan fingerprint density at radius 3 is 2.55 bits per heavy atom. The maximum atomic E-state index is 4.36. The average molecular weight is 266 g/mol. The molecule has 0 fully saturated rings. The number of halogens is 1. The number of nitrogens with zero attached hydrogens (tertiary/aromatic N) is 2. The molecule has 0 unspecified atom stereocenters. The van der Waals surface area contributed by atoms with Crippen molar-refractivity contribution in [2.45, 2.75) is 26.7 Å². The molecule has 0 aliphatic rings. The molecule has 3 heteroatoms. The molecular weight excluding hydrogens is 251 g/mol. The molecule has 0 aromatic carbocycles. The molecule has 0 aliphatic heterocycles. The van der Waals surface area contributed by atoms with Gasteiger partial charge in [-0.3, -0.25) is 0 Å². The van der Waals surface area contributed by atoms with Crippen LogP contribution in [0.2, 0.25) is 0 Å². The molecule has 0 radical (unpaired) electrons. The zero-order valence-electron chi connectivity index (χ0n) is 7.29. The minimum Gasteiger partial charge on any atom is -0.338 e. The Kier molecular flexibility index (Phi) is 4.72. The molecule has 0 saturated carbocycles. The lowest BCUT2D eigenvalue weighted by molar-refractivity contribution is 0.858. The quantitative estimate of drug-likeness (QED) is 0.751. The van der Waals surface area contributed by atoms with E-state index in [0.717, 1.165) is 12.2 Å². The van der Waals surface area contributed by atoms with Crippen LogP contribution in [-0.4, -0.2) is 9.55 Å². The third-order valence-electron chi connectivity index (χ3n) is 1.66. The molecule has 0 atom stereocenters. The average Bonchev–Trinajstić information content (AvgIpc) is 2.14. The van der Waals surface area contributed by atoms with Gasteiger partial charge in [-0.05, 0) is 13.3 Å². The van der Waals surface area contributed by atoms with Gasteiger partial charge in [0.1, 0.15) is 5.82 Å². The van der Waals surface area contributed by atoms with Crippen molar-refractivity contribution in [3.8, 4) is 0 Å². The summed E-state index contributed by atoms with van der Waals surface area (Å²) in [5.74, 6) is 1.10. The molecule has 0 saturated heterocycles. The molecule has 0 N–H and O–H groups in total. The topological polar surface area (TPSA) is 17.8 Å². The van der Waals surface area contributed by atoms with E-state index >= 15 is 0 Å². The lowest BCUT2D eigenvalue weighted by Crippen LogP contribution is -1.86. The first-order valence-electron chi connectivity index (χ1n) is 3.73. The van der Waals surface area contributed by atoms with Gasteiger partial charge in [-0.1, -0.05) is 13.3 Å². The standard InChI is InChI=1S/C8H14N2.HI/c1-4-5-8-6-10(3)7(2)9-8;/h6H,4-5H2,1-3H3;1H. The van der Waals surface area contributed by atoms with Gasteiger partial charge in [0, 0.05) is 13.2 Å². The van der Waals surface area contributed by atoms with Crippen LogP contribution in [0, 0.1) is 6.92 Å². The van der Waals surface area contributed by atoms with Crippen molar-refractivity contribution < 1.29 is 0 Å². The van der Waals surface area contributed by atoms with E-state index in [1.165, 1.54) is 12.1 Å². The van der Waals surface area contributed by atoms with Crippen molar-refractivity contribution in [2.24, 2.45) is 7.05 Å². The first-order valence-corrected chi connectivity index (χ1v) is 3.73. The molecule has 1 aromatic rings. The van der Waals surface area contributed by atoms with Crippen molar-refractivity contribution in [1.29, 1.82) is 0 Å².